The van der Waals surface area contributed by atoms with Crippen LogP contribution < -0.4 is 10.1 Å². The maximum Gasteiger partial charge on any atom is 0.120 e. The predicted octanol–water partition coefficient (Wildman–Crippen LogP) is 4.63. The lowest BCUT2D eigenvalue weighted by atomic mass is 9.71. The Bertz CT molecular complexity index is 446. The summed E-state index contributed by atoms with van der Waals surface area (Å²) >= 11 is 0. The molecule has 0 bridgehead atoms. The first-order valence-corrected chi connectivity index (χ1v) is 8.41. The van der Waals surface area contributed by atoms with Crippen LogP contribution in [0.4, 0.5) is 0 Å². The average Bonchev–Trinajstić information content (AvgIpc) is 2.36. The summed E-state index contributed by atoms with van der Waals surface area (Å²) in [6.07, 6.45) is 5.13. The fourth-order valence-electron chi connectivity index (χ4n) is 3.59. The van der Waals surface area contributed by atoms with Crippen LogP contribution >= 0.6 is 0 Å². The third-order valence-corrected chi connectivity index (χ3v) is 4.62. The number of hydrogen-bond acceptors (Lipinski definition) is 2. The minimum Gasteiger partial charge on any atom is -0.489 e. The van der Waals surface area contributed by atoms with Crippen LogP contribution in [-0.2, 0) is 0 Å². The van der Waals surface area contributed by atoms with Crippen LogP contribution in [0.25, 0.3) is 0 Å². The zero-order chi connectivity index (χ0) is 15.5. The quantitative estimate of drug-likeness (QED) is 0.853. The van der Waals surface area contributed by atoms with Crippen LogP contribution in [-0.4, -0.2) is 18.7 Å². The molecule has 2 unspecified atom stereocenters. The maximum atomic E-state index is 6.40. The van der Waals surface area contributed by atoms with Gasteiger partial charge in [0, 0.05) is 6.04 Å². The highest BCUT2D eigenvalue weighted by atomic mass is 16.5. The summed E-state index contributed by atoms with van der Waals surface area (Å²) in [6, 6.07) is 6.95. The van der Waals surface area contributed by atoms with Crippen molar-refractivity contribution < 1.29 is 4.74 Å². The fourth-order valence-corrected chi connectivity index (χ4v) is 3.59. The largest absolute Gasteiger partial charge is 0.489 e. The normalized spacial score (nSPS) is 24.8. The summed E-state index contributed by atoms with van der Waals surface area (Å²) < 4.78 is 6.40. The maximum absolute atomic E-state index is 6.40. The molecule has 0 aromatic heterocycles. The van der Waals surface area contributed by atoms with Gasteiger partial charge in [0.1, 0.15) is 11.9 Å². The van der Waals surface area contributed by atoms with Crippen LogP contribution in [0.2, 0.25) is 0 Å². The zero-order valence-electron chi connectivity index (χ0n) is 14.3. The van der Waals surface area contributed by atoms with E-state index in [1.807, 2.05) is 0 Å². The standard InChI is InChI=1S/C19H31NO/c1-6-10-20-18-17(8-7-9-19(18,4)5)21-16-12-14(2)11-15(3)13-16/h11-13,17-18,20H,6-10H2,1-5H3. The van der Waals surface area contributed by atoms with Gasteiger partial charge in [-0.3, -0.25) is 0 Å². The molecule has 2 heteroatoms. The van der Waals surface area contributed by atoms with E-state index in [2.05, 4.69) is 58.1 Å². The number of hydrogen-bond donors (Lipinski definition) is 1. The van der Waals surface area contributed by atoms with Gasteiger partial charge in [0.05, 0.1) is 0 Å². The minimum absolute atomic E-state index is 0.279. The van der Waals surface area contributed by atoms with Crippen molar-refractivity contribution in [3.63, 3.8) is 0 Å². The second-order valence-electron chi connectivity index (χ2n) is 7.29. The SMILES string of the molecule is CCCNC1C(Oc2cc(C)cc(C)c2)CCCC1(C)C. The number of nitrogens with one attached hydrogen (secondary N) is 1. The van der Waals surface area contributed by atoms with Gasteiger partial charge < -0.3 is 10.1 Å². The van der Waals surface area contributed by atoms with Gasteiger partial charge in [-0.2, -0.15) is 0 Å². The Kier molecular flexibility index (Phi) is 5.32. The van der Waals surface area contributed by atoms with Crippen LogP contribution in [0.15, 0.2) is 18.2 Å². The van der Waals surface area contributed by atoms with E-state index in [0.717, 1.165) is 18.7 Å². The van der Waals surface area contributed by atoms with E-state index >= 15 is 0 Å². The van der Waals surface area contributed by atoms with Gasteiger partial charge in [0.25, 0.3) is 0 Å². The van der Waals surface area contributed by atoms with Gasteiger partial charge in [-0.05, 0) is 74.8 Å². The molecule has 118 valence electrons. The Labute approximate surface area is 130 Å². The van der Waals surface area contributed by atoms with Gasteiger partial charge in [-0.15, -0.1) is 0 Å². The summed E-state index contributed by atoms with van der Waals surface area (Å²) in [4.78, 5) is 0. The molecule has 2 rings (SSSR count). The third-order valence-electron chi connectivity index (χ3n) is 4.62. The van der Waals surface area contributed by atoms with Crippen molar-refractivity contribution >= 4 is 0 Å². The highest BCUT2D eigenvalue weighted by Crippen LogP contribution is 2.37. The summed E-state index contributed by atoms with van der Waals surface area (Å²) in [6.45, 7) is 12.3. The van der Waals surface area contributed by atoms with E-state index in [0.29, 0.717) is 11.5 Å². The van der Waals surface area contributed by atoms with E-state index in [1.54, 1.807) is 0 Å². The summed E-state index contributed by atoms with van der Waals surface area (Å²) in [5.41, 5.74) is 2.85. The predicted molar refractivity (Wildman–Crippen MR) is 90.0 cm³/mol. The Hall–Kier alpha value is -1.02. The Morgan fingerprint density at radius 3 is 2.48 bits per heavy atom. The lowest BCUT2D eigenvalue weighted by Gasteiger charge is -2.44. The molecular formula is C19H31NO. The number of rotatable bonds is 5. The van der Waals surface area contributed by atoms with E-state index in [4.69, 9.17) is 4.74 Å². The van der Waals surface area contributed by atoms with Crippen molar-refractivity contribution in [3.8, 4) is 5.75 Å². The molecule has 1 aliphatic rings. The van der Waals surface area contributed by atoms with Crippen molar-refractivity contribution in [2.45, 2.75) is 72.4 Å². The van der Waals surface area contributed by atoms with E-state index < -0.39 is 0 Å². The van der Waals surface area contributed by atoms with Crippen LogP contribution in [0, 0.1) is 19.3 Å². The van der Waals surface area contributed by atoms with E-state index in [9.17, 15) is 0 Å². The molecule has 2 atom stereocenters. The van der Waals surface area contributed by atoms with Crippen molar-refractivity contribution in [1.82, 2.24) is 5.32 Å². The van der Waals surface area contributed by atoms with Gasteiger partial charge >= 0.3 is 0 Å². The van der Waals surface area contributed by atoms with E-state index in [-0.39, 0.29) is 6.10 Å². The lowest BCUT2D eigenvalue weighted by Crippen LogP contribution is -2.54. The first-order valence-electron chi connectivity index (χ1n) is 8.41. The van der Waals surface area contributed by atoms with Crippen molar-refractivity contribution in [1.29, 1.82) is 0 Å². The molecule has 1 aliphatic carbocycles. The molecule has 1 aromatic rings. The van der Waals surface area contributed by atoms with Gasteiger partial charge in [0.15, 0.2) is 0 Å². The highest BCUT2D eigenvalue weighted by Gasteiger charge is 2.39. The smallest absolute Gasteiger partial charge is 0.120 e. The topological polar surface area (TPSA) is 21.3 Å². The van der Waals surface area contributed by atoms with Crippen molar-refractivity contribution in [2.24, 2.45) is 5.41 Å². The lowest BCUT2D eigenvalue weighted by molar-refractivity contribution is 0.0364. The zero-order valence-corrected chi connectivity index (χ0v) is 14.3. The first kappa shape index (κ1) is 16.4. The molecule has 0 amide bonds. The minimum atomic E-state index is 0.279. The molecule has 0 spiro atoms. The van der Waals surface area contributed by atoms with Gasteiger partial charge in [-0.1, -0.05) is 26.8 Å². The molecule has 1 aromatic carbocycles. The number of aryl methyl sites for hydroxylation is 2. The van der Waals surface area contributed by atoms with Gasteiger partial charge in [0.2, 0.25) is 0 Å². The molecule has 1 N–H and O–H groups in total. The molecular weight excluding hydrogens is 258 g/mol. The van der Waals surface area contributed by atoms with Crippen molar-refractivity contribution in [3.05, 3.63) is 29.3 Å². The van der Waals surface area contributed by atoms with Crippen molar-refractivity contribution in [2.75, 3.05) is 6.54 Å². The average molecular weight is 289 g/mol. The molecule has 1 saturated carbocycles. The molecule has 21 heavy (non-hydrogen) atoms. The number of ether oxygens (including phenoxy) is 1. The van der Waals surface area contributed by atoms with Crippen LogP contribution in [0.5, 0.6) is 5.75 Å². The molecule has 0 aliphatic heterocycles. The molecule has 0 radical (unpaired) electrons. The first-order chi connectivity index (χ1) is 9.92. The second kappa shape index (κ2) is 6.83. The van der Waals surface area contributed by atoms with Crippen LogP contribution in [0.1, 0.15) is 57.6 Å². The van der Waals surface area contributed by atoms with Crippen LogP contribution in [0.3, 0.4) is 0 Å². The summed E-state index contributed by atoms with van der Waals surface area (Å²) in [5, 5.41) is 3.74. The Morgan fingerprint density at radius 2 is 1.86 bits per heavy atom. The summed E-state index contributed by atoms with van der Waals surface area (Å²) in [7, 11) is 0. The summed E-state index contributed by atoms with van der Waals surface area (Å²) in [5.74, 6) is 1.03. The Balaban J connectivity index is 2.14. The second-order valence-corrected chi connectivity index (χ2v) is 7.29. The third kappa shape index (κ3) is 4.23. The monoisotopic (exact) mass is 289 g/mol. The Morgan fingerprint density at radius 1 is 1.19 bits per heavy atom. The molecule has 0 saturated heterocycles. The van der Waals surface area contributed by atoms with E-state index in [1.165, 1.54) is 30.4 Å². The van der Waals surface area contributed by atoms with Gasteiger partial charge in [-0.25, -0.2) is 0 Å². The highest BCUT2D eigenvalue weighted by molar-refractivity contribution is 5.33. The molecule has 1 fully saturated rings. The fraction of sp³-hybridized carbons (Fsp3) is 0.684. The number of benzene rings is 1. The molecule has 0 heterocycles. The molecule has 2 nitrogen and oxygen atoms in total.